The first-order valence-corrected chi connectivity index (χ1v) is 7.41. The molecule has 19 heavy (non-hydrogen) atoms. The van der Waals surface area contributed by atoms with Crippen molar-refractivity contribution in [1.82, 2.24) is 5.32 Å². The summed E-state index contributed by atoms with van der Waals surface area (Å²) >= 11 is 1.83. The number of thiophene rings is 1. The molecule has 0 bridgehead atoms. The molecule has 2 unspecified atom stereocenters. The van der Waals surface area contributed by atoms with Crippen LogP contribution in [-0.2, 0) is 0 Å². The van der Waals surface area contributed by atoms with Crippen molar-refractivity contribution < 1.29 is 5.11 Å². The van der Waals surface area contributed by atoms with Gasteiger partial charge in [0.25, 0.3) is 0 Å². The van der Waals surface area contributed by atoms with E-state index in [-0.39, 0.29) is 12.1 Å². The van der Waals surface area contributed by atoms with Crippen LogP contribution in [0.3, 0.4) is 0 Å². The van der Waals surface area contributed by atoms with Crippen molar-refractivity contribution >= 4 is 11.3 Å². The summed E-state index contributed by atoms with van der Waals surface area (Å²) in [5, 5.41) is 13.4. The number of hydrogen-bond acceptors (Lipinski definition) is 3. The van der Waals surface area contributed by atoms with E-state index in [1.165, 1.54) is 15.3 Å². The van der Waals surface area contributed by atoms with Gasteiger partial charge in [0, 0.05) is 27.4 Å². The molecule has 0 amide bonds. The SMILES string of the molecule is Cc1cc(C(C)NC(C)c2ccccc2O)c(C)s1. The zero-order valence-corrected chi connectivity index (χ0v) is 12.7. The van der Waals surface area contributed by atoms with Crippen LogP contribution < -0.4 is 5.32 Å². The number of hydrogen-bond donors (Lipinski definition) is 2. The Balaban J connectivity index is 2.13. The molecule has 0 aliphatic heterocycles. The Hall–Kier alpha value is -1.32. The third-order valence-electron chi connectivity index (χ3n) is 3.45. The van der Waals surface area contributed by atoms with Gasteiger partial charge < -0.3 is 10.4 Å². The van der Waals surface area contributed by atoms with Crippen molar-refractivity contribution in [2.24, 2.45) is 0 Å². The predicted octanol–water partition coefficient (Wildman–Crippen LogP) is 4.48. The summed E-state index contributed by atoms with van der Waals surface area (Å²) < 4.78 is 0. The van der Waals surface area contributed by atoms with Gasteiger partial charge in [0.1, 0.15) is 5.75 Å². The van der Waals surface area contributed by atoms with Crippen LogP contribution in [0.5, 0.6) is 5.75 Å². The molecule has 2 nitrogen and oxygen atoms in total. The van der Waals surface area contributed by atoms with Crippen LogP contribution in [0.2, 0.25) is 0 Å². The van der Waals surface area contributed by atoms with Crippen molar-refractivity contribution in [2.45, 2.75) is 39.8 Å². The van der Waals surface area contributed by atoms with E-state index in [1.54, 1.807) is 6.07 Å². The molecule has 0 aliphatic rings. The van der Waals surface area contributed by atoms with E-state index in [2.05, 4.69) is 39.1 Å². The van der Waals surface area contributed by atoms with E-state index in [1.807, 2.05) is 29.5 Å². The lowest BCUT2D eigenvalue weighted by Crippen LogP contribution is -2.22. The van der Waals surface area contributed by atoms with Gasteiger partial charge in [0.2, 0.25) is 0 Å². The highest BCUT2D eigenvalue weighted by atomic mass is 32.1. The molecule has 2 atom stereocenters. The monoisotopic (exact) mass is 275 g/mol. The second-order valence-corrected chi connectivity index (χ2v) is 6.50. The van der Waals surface area contributed by atoms with E-state index in [0.29, 0.717) is 5.75 Å². The number of phenols is 1. The van der Waals surface area contributed by atoms with Crippen LogP contribution in [0.1, 0.15) is 46.8 Å². The fourth-order valence-corrected chi connectivity index (χ4v) is 3.51. The lowest BCUT2D eigenvalue weighted by Gasteiger charge is -2.21. The van der Waals surface area contributed by atoms with E-state index in [0.717, 1.165) is 5.56 Å². The van der Waals surface area contributed by atoms with Crippen molar-refractivity contribution in [2.75, 3.05) is 0 Å². The van der Waals surface area contributed by atoms with Crippen LogP contribution >= 0.6 is 11.3 Å². The van der Waals surface area contributed by atoms with Crippen molar-refractivity contribution in [3.8, 4) is 5.75 Å². The molecular weight excluding hydrogens is 254 g/mol. The van der Waals surface area contributed by atoms with Crippen LogP contribution in [0.4, 0.5) is 0 Å². The highest BCUT2D eigenvalue weighted by molar-refractivity contribution is 7.12. The van der Waals surface area contributed by atoms with E-state index in [9.17, 15) is 5.11 Å². The lowest BCUT2D eigenvalue weighted by atomic mass is 10.0. The maximum Gasteiger partial charge on any atom is 0.120 e. The van der Waals surface area contributed by atoms with Crippen LogP contribution in [0.15, 0.2) is 30.3 Å². The molecule has 102 valence electrons. The Kier molecular flexibility index (Phi) is 4.27. The van der Waals surface area contributed by atoms with Crippen LogP contribution in [-0.4, -0.2) is 5.11 Å². The minimum atomic E-state index is 0.121. The standard InChI is InChI=1S/C16H21NOS/c1-10-9-15(13(4)19-10)12(3)17-11(2)14-7-5-6-8-16(14)18/h5-9,11-12,17-18H,1-4H3. The third kappa shape index (κ3) is 3.17. The maximum absolute atomic E-state index is 9.89. The smallest absolute Gasteiger partial charge is 0.120 e. The van der Waals surface area contributed by atoms with Gasteiger partial charge in [-0.3, -0.25) is 0 Å². The van der Waals surface area contributed by atoms with Gasteiger partial charge in [-0.2, -0.15) is 0 Å². The van der Waals surface area contributed by atoms with E-state index < -0.39 is 0 Å². The summed E-state index contributed by atoms with van der Waals surface area (Å²) in [5.74, 6) is 0.355. The first kappa shape index (κ1) is 14.1. The zero-order valence-electron chi connectivity index (χ0n) is 11.9. The number of nitrogens with one attached hydrogen (secondary N) is 1. The number of phenolic OH excluding ortho intramolecular Hbond substituents is 1. The largest absolute Gasteiger partial charge is 0.508 e. The summed E-state index contributed by atoms with van der Waals surface area (Å²) in [7, 11) is 0. The average molecular weight is 275 g/mol. The molecule has 2 N–H and O–H groups in total. The van der Waals surface area contributed by atoms with E-state index in [4.69, 9.17) is 0 Å². The third-order valence-corrected chi connectivity index (χ3v) is 4.43. The molecule has 2 aromatic rings. The van der Waals surface area contributed by atoms with Gasteiger partial charge >= 0.3 is 0 Å². The topological polar surface area (TPSA) is 32.3 Å². The van der Waals surface area contributed by atoms with Crippen molar-refractivity contribution in [1.29, 1.82) is 0 Å². The average Bonchev–Trinajstić information content (AvgIpc) is 2.69. The summed E-state index contributed by atoms with van der Waals surface area (Å²) in [6.07, 6.45) is 0. The number of para-hydroxylation sites is 1. The van der Waals surface area contributed by atoms with Crippen molar-refractivity contribution in [3.63, 3.8) is 0 Å². The Morgan fingerprint density at radius 2 is 1.68 bits per heavy atom. The van der Waals surface area contributed by atoms with Gasteiger partial charge in [-0.05, 0) is 45.4 Å². The normalized spacial score (nSPS) is 14.3. The minimum Gasteiger partial charge on any atom is -0.508 e. The second kappa shape index (κ2) is 5.76. The summed E-state index contributed by atoms with van der Waals surface area (Å²) in [5.41, 5.74) is 2.30. The molecular formula is C16H21NOS. The molecule has 3 heteroatoms. The molecule has 0 spiro atoms. The Morgan fingerprint density at radius 3 is 2.26 bits per heavy atom. The second-order valence-electron chi connectivity index (χ2n) is 5.04. The summed E-state index contributed by atoms with van der Waals surface area (Å²) in [6.45, 7) is 8.56. The highest BCUT2D eigenvalue weighted by Crippen LogP contribution is 2.30. The number of aryl methyl sites for hydroxylation is 2. The fourth-order valence-electron chi connectivity index (χ4n) is 2.49. The lowest BCUT2D eigenvalue weighted by molar-refractivity contribution is 0.438. The highest BCUT2D eigenvalue weighted by Gasteiger charge is 2.16. The number of benzene rings is 1. The van der Waals surface area contributed by atoms with Gasteiger partial charge in [-0.25, -0.2) is 0 Å². The Labute approximate surface area is 119 Å². The summed E-state index contributed by atoms with van der Waals surface area (Å²) in [4.78, 5) is 2.71. The molecule has 0 saturated carbocycles. The van der Waals surface area contributed by atoms with Gasteiger partial charge in [0.05, 0.1) is 0 Å². The molecule has 0 aliphatic carbocycles. The number of aromatic hydroxyl groups is 1. The quantitative estimate of drug-likeness (QED) is 0.862. The molecule has 1 aromatic carbocycles. The molecule has 0 saturated heterocycles. The van der Waals surface area contributed by atoms with E-state index >= 15 is 0 Å². The van der Waals surface area contributed by atoms with Gasteiger partial charge in [0.15, 0.2) is 0 Å². The first-order valence-electron chi connectivity index (χ1n) is 6.60. The Bertz CT molecular complexity index is 562. The molecule has 0 radical (unpaired) electrons. The molecule has 2 rings (SSSR count). The molecule has 0 fully saturated rings. The van der Waals surface area contributed by atoms with Crippen LogP contribution in [0.25, 0.3) is 0 Å². The zero-order chi connectivity index (χ0) is 14.0. The van der Waals surface area contributed by atoms with Gasteiger partial charge in [-0.1, -0.05) is 18.2 Å². The minimum absolute atomic E-state index is 0.121. The molecule has 1 heterocycles. The Morgan fingerprint density at radius 1 is 1.05 bits per heavy atom. The summed E-state index contributed by atoms with van der Waals surface area (Å²) in [6, 6.07) is 10.1. The first-order chi connectivity index (χ1) is 8.99. The molecule has 1 aromatic heterocycles. The van der Waals surface area contributed by atoms with Crippen molar-refractivity contribution in [3.05, 3.63) is 51.2 Å². The van der Waals surface area contributed by atoms with Gasteiger partial charge in [-0.15, -0.1) is 11.3 Å². The van der Waals surface area contributed by atoms with Crippen LogP contribution in [0, 0.1) is 13.8 Å². The fraction of sp³-hybridized carbons (Fsp3) is 0.375. The number of rotatable bonds is 4. The predicted molar refractivity (Wildman–Crippen MR) is 81.9 cm³/mol. The maximum atomic E-state index is 9.89.